The number of nitrogens with zero attached hydrogens (tertiary/aromatic N) is 1. The summed E-state index contributed by atoms with van der Waals surface area (Å²) < 4.78 is 14.8. The van der Waals surface area contributed by atoms with Crippen LogP contribution in [0.1, 0.15) is 19.8 Å². The topological polar surface area (TPSA) is 74.0 Å². The quantitative estimate of drug-likeness (QED) is 0.431. The number of esters is 1. The van der Waals surface area contributed by atoms with E-state index in [2.05, 4.69) is 4.90 Å². The molecule has 0 heterocycles. The fraction of sp³-hybridized carbons (Fsp3) is 0.923. The minimum Gasteiger partial charge on any atom is -0.468 e. The molecule has 0 bridgehead atoms. The van der Waals surface area contributed by atoms with E-state index in [4.69, 9.17) is 19.9 Å². The molecule has 0 radical (unpaired) electrons. The molecule has 0 aromatic rings. The van der Waals surface area contributed by atoms with Gasteiger partial charge in [0.2, 0.25) is 0 Å². The Labute approximate surface area is 116 Å². The van der Waals surface area contributed by atoms with Crippen LogP contribution in [0.2, 0.25) is 0 Å². The molecule has 1 unspecified atom stereocenters. The van der Waals surface area contributed by atoms with Gasteiger partial charge >= 0.3 is 5.97 Å². The summed E-state index contributed by atoms with van der Waals surface area (Å²) in [5.41, 5.74) is 5.00. The van der Waals surface area contributed by atoms with Crippen molar-refractivity contribution in [1.29, 1.82) is 0 Å². The molecule has 0 spiro atoms. The highest BCUT2D eigenvalue weighted by molar-refractivity contribution is 5.79. The third-order valence-corrected chi connectivity index (χ3v) is 3.03. The van der Waals surface area contributed by atoms with E-state index in [1.54, 1.807) is 21.1 Å². The van der Waals surface area contributed by atoms with Crippen molar-refractivity contribution in [3.8, 4) is 0 Å². The number of hydrogen-bond acceptors (Lipinski definition) is 6. The zero-order chi connectivity index (χ0) is 14.7. The average molecular weight is 276 g/mol. The van der Waals surface area contributed by atoms with Gasteiger partial charge < -0.3 is 24.8 Å². The van der Waals surface area contributed by atoms with Gasteiger partial charge in [0.1, 0.15) is 5.54 Å². The maximum Gasteiger partial charge on any atom is 0.325 e. The smallest absolute Gasteiger partial charge is 0.325 e. The highest BCUT2D eigenvalue weighted by atomic mass is 16.5. The molecule has 1 atom stereocenters. The Morgan fingerprint density at radius 3 is 2.26 bits per heavy atom. The molecule has 0 aromatic heterocycles. The first-order valence-corrected chi connectivity index (χ1v) is 6.55. The summed E-state index contributed by atoms with van der Waals surface area (Å²) >= 11 is 0. The molecule has 0 aliphatic heterocycles. The summed E-state index contributed by atoms with van der Waals surface area (Å²) in [4.78, 5) is 13.7. The number of hydrogen-bond donors (Lipinski definition) is 1. The van der Waals surface area contributed by atoms with E-state index in [1.165, 1.54) is 7.11 Å². The van der Waals surface area contributed by atoms with Crippen molar-refractivity contribution in [2.75, 3.05) is 54.2 Å². The molecule has 0 amide bonds. The maximum absolute atomic E-state index is 11.5. The molecule has 0 saturated carbocycles. The van der Waals surface area contributed by atoms with Gasteiger partial charge in [0.15, 0.2) is 0 Å². The van der Waals surface area contributed by atoms with Crippen LogP contribution in [0.25, 0.3) is 0 Å². The fourth-order valence-electron chi connectivity index (χ4n) is 1.71. The zero-order valence-corrected chi connectivity index (χ0v) is 12.6. The molecule has 0 aliphatic rings. The van der Waals surface area contributed by atoms with Gasteiger partial charge in [-0.25, -0.2) is 0 Å². The Bertz CT molecular complexity index is 247. The first-order valence-electron chi connectivity index (χ1n) is 6.55. The third kappa shape index (κ3) is 8.15. The summed E-state index contributed by atoms with van der Waals surface area (Å²) in [5.74, 6) is -0.379. The van der Waals surface area contributed by atoms with Crippen molar-refractivity contribution in [2.45, 2.75) is 25.3 Å². The van der Waals surface area contributed by atoms with Crippen molar-refractivity contribution < 1.29 is 19.0 Å². The first kappa shape index (κ1) is 18.3. The minimum absolute atomic E-state index is 0.379. The summed E-state index contributed by atoms with van der Waals surface area (Å²) in [6.45, 7) is 5.52. The van der Waals surface area contributed by atoms with E-state index in [0.29, 0.717) is 13.0 Å². The minimum atomic E-state index is -0.943. The van der Waals surface area contributed by atoms with Gasteiger partial charge in [0, 0.05) is 40.5 Å². The van der Waals surface area contributed by atoms with Crippen LogP contribution in [0.5, 0.6) is 0 Å². The lowest BCUT2D eigenvalue weighted by Crippen LogP contribution is -2.48. The highest BCUT2D eigenvalue weighted by Gasteiger charge is 2.29. The monoisotopic (exact) mass is 276 g/mol. The molecule has 0 fully saturated rings. The van der Waals surface area contributed by atoms with Gasteiger partial charge in [-0.05, 0) is 19.8 Å². The lowest BCUT2D eigenvalue weighted by Gasteiger charge is -2.27. The van der Waals surface area contributed by atoms with Gasteiger partial charge in [-0.15, -0.1) is 0 Å². The van der Waals surface area contributed by atoms with Gasteiger partial charge in [0.05, 0.1) is 13.7 Å². The first-order chi connectivity index (χ1) is 8.97. The molecule has 114 valence electrons. The molecule has 2 N–H and O–H groups in total. The molecular weight excluding hydrogens is 248 g/mol. The van der Waals surface area contributed by atoms with Gasteiger partial charge in [-0.2, -0.15) is 0 Å². The Kier molecular flexibility index (Phi) is 9.77. The Balaban J connectivity index is 4.18. The van der Waals surface area contributed by atoms with Crippen LogP contribution in [-0.2, 0) is 19.0 Å². The average Bonchev–Trinajstić information content (AvgIpc) is 2.40. The summed E-state index contributed by atoms with van der Waals surface area (Å²) in [5, 5.41) is 0. The van der Waals surface area contributed by atoms with Gasteiger partial charge in [0.25, 0.3) is 0 Å². The second-order valence-electron chi connectivity index (χ2n) is 4.84. The zero-order valence-electron chi connectivity index (χ0n) is 12.6. The number of nitrogens with two attached hydrogens (primary N) is 1. The standard InChI is InChI=1S/C13H28N2O4/c1-13(14,12(16)19-4)6-8-15(9-11-18-3)7-5-10-17-2/h5-11,14H2,1-4H3. The maximum atomic E-state index is 11.5. The van der Waals surface area contributed by atoms with Crippen molar-refractivity contribution in [1.82, 2.24) is 4.90 Å². The summed E-state index contributed by atoms with van der Waals surface area (Å²) in [6, 6.07) is 0. The number of ether oxygens (including phenoxy) is 3. The van der Waals surface area contributed by atoms with Crippen molar-refractivity contribution in [3.05, 3.63) is 0 Å². The lowest BCUT2D eigenvalue weighted by molar-refractivity contribution is -0.146. The van der Waals surface area contributed by atoms with Crippen molar-refractivity contribution in [3.63, 3.8) is 0 Å². The summed E-state index contributed by atoms with van der Waals surface area (Å²) in [6.07, 6.45) is 1.50. The van der Waals surface area contributed by atoms with E-state index >= 15 is 0 Å². The second-order valence-corrected chi connectivity index (χ2v) is 4.84. The molecule has 6 nitrogen and oxygen atoms in total. The van der Waals surface area contributed by atoms with E-state index in [-0.39, 0.29) is 5.97 Å². The van der Waals surface area contributed by atoms with Crippen LogP contribution in [0.15, 0.2) is 0 Å². The highest BCUT2D eigenvalue weighted by Crippen LogP contribution is 2.09. The number of rotatable bonds is 11. The Morgan fingerprint density at radius 1 is 1.11 bits per heavy atom. The Morgan fingerprint density at radius 2 is 1.74 bits per heavy atom. The molecule has 19 heavy (non-hydrogen) atoms. The normalized spacial score (nSPS) is 14.4. The number of methoxy groups -OCH3 is 3. The molecule has 0 aliphatic carbocycles. The second kappa shape index (κ2) is 10.1. The van der Waals surface area contributed by atoms with Crippen LogP contribution in [0, 0.1) is 0 Å². The van der Waals surface area contributed by atoms with Crippen molar-refractivity contribution >= 4 is 5.97 Å². The van der Waals surface area contributed by atoms with Crippen LogP contribution in [0.3, 0.4) is 0 Å². The number of carbonyl (C=O) groups excluding carboxylic acids is 1. The van der Waals surface area contributed by atoms with E-state index in [9.17, 15) is 4.79 Å². The van der Waals surface area contributed by atoms with Gasteiger partial charge in [-0.3, -0.25) is 4.79 Å². The SMILES string of the molecule is COCCCN(CCOC)CCC(C)(N)C(=O)OC. The lowest BCUT2D eigenvalue weighted by atomic mass is 9.99. The molecular formula is C13H28N2O4. The largest absolute Gasteiger partial charge is 0.468 e. The molecule has 0 saturated heterocycles. The van der Waals surface area contributed by atoms with Crippen LogP contribution >= 0.6 is 0 Å². The summed E-state index contributed by atoms with van der Waals surface area (Å²) in [7, 11) is 4.72. The van der Waals surface area contributed by atoms with Gasteiger partial charge in [-0.1, -0.05) is 0 Å². The van der Waals surface area contributed by atoms with Crippen molar-refractivity contribution in [2.24, 2.45) is 5.73 Å². The van der Waals surface area contributed by atoms with E-state index < -0.39 is 5.54 Å². The molecule has 0 aromatic carbocycles. The fourth-order valence-corrected chi connectivity index (χ4v) is 1.71. The third-order valence-electron chi connectivity index (χ3n) is 3.03. The predicted molar refractivity (Wildman–Crippen MR) is 74.0 cm³/mol. The molecule has 6 heteroatoms. The molecule has 0 rings (SSSR count). The van der Waals surface area contributed by atoms with Crippen LogP contribution in [0.4, 0.5) is 0 Å². The van der Waals surface area contributed by atoms with E-state index in [0.717, 1.165) is 32.7 Å². The Hall–Kier alpha value is -0.690. The van der Waals surface area contributed by atoms with E-state index in [1.807, 2.05) is 0 Å². The van der Waals surface area contributed by atoms with Crippen LogP contribution in [-0.4, -0.2) is 70.6 Å². The van der Waals surface area contributed by atoms with Crippen LogP contribution < -0.4 is 5.73 Å². The predicted octanol–water partition coefficient (Wildman–Crippen LogP) is 0.252. The number of carbonyl (C=O) groups is 1.